The summed E-state index contributed by atoms with van der Waals surface area (Å²) in [7, 11) is 1.54. The highest BCUT2D eigenvalue weighted by molar-refractivity contribution is 6.17. The van der Waals surface area contributed by atoms with E-state index in [0.717, 1.165) is 5.56 Å². The van der Waals surface area contributed by atoms with Crippen molar-refractivity contribution >= 4 is 11.6 Å². The van der Waals surface area contributed by atoms with Gasteiger partial charge in [-0.1, -0.05) is 0 Å². The third-order valence-electron chi connectivity index (χ3n) is 2.52. The number of hydrogen-bond acceptors (Lipinski definition) is 3. The summed E-state index contributed by atoms with van der Waals surface area (Å²) >= 11 is 5.68. The smallest absolute Gasteiger partial charge is 0.219 e. The zero-order chi connectivity index (χ0) is 13.7. The maximum absolute atomic E-state index is 13.3. The van der Waals surface area contributed by atoms with Gasteiger partial charge in [0.1, 0.15) is 18.2 Å². The summed E-state index contributed by atoms with van der Waals surface area (Å²) < 4.78 is 24.0. The van der Waals surface area contributed by atoms with E-state index in [1.807, 2.05) is 6.07 Å². The van der Waals surface area contributed by atoms with E-state index in [2.05, 4.69) is 4.98 Å². The molecule has 0 N–H and O–H groups in total. The van der Waals surface area contributed by atoms with Crippen molar-refractivity contribution < 1.29 is 13.9 Å². The molecule has 0 amide bonds. The van der Waals surface area contributed by atoms with Crippen molar-refractivity contribution in [1.82, 2.24) is 4.98 Å². The second kappa shape index (κ2) is 6.38. The number of pyridine rings is 1. The molecule has 0 atom stereocenters. The summed E-state index contributed by atoms with van der Waals surface area (Å²) in [5.41, 5.74) is 1.47. The Kier molecular flexibility index (Phi) is 4.58. The Balaban J connectivity index is 2.12. The number of rotatable bonds is 5. The molecule has 0 unspecified atom stereocenters. The third kappa shape index (κ3) is 3.58. The van der Waals surface area contributed by atoms with Crippen LogP contribution in [-0.2, 0) is 12.5 Å². The van der Waals surface area contributed by atoms with Gasteiger partial charge in [-0.15, -0.1) is 11.6 Å². The second-order valence-corrected chi connectivity index (χ2v) is 4.16. The number of nitrogens with zero attached hydrogens (tertiary/aromatic N) is 1. The van der Waals surface area contributed by atoms with Gasteiger partial charge in [0.25, 0.3) is 0 Å². The van der Waals surface area contributed by atoms with E-state index in [4.69, 9.17) is 21.1 Å². The molecule has 0 fully saturated rings. The molecule has 19 heavy (non-hydrogen) atoms. The molecule has 0 saturated heterocycles. The summed E-state index contributed by atoms with van der Waals surface area (Å²) in [4.78, 5) is 4.06. The van der Waals surface area contributed by atoms with E-state index in [9.17, 15) is 4.39 Å². The predicted molar refractivity (Wildman–Crippen MR) is 71.1 cm³/mol. The minimum atomic E-state index is -0.369. The average molecular weight is 282 g/mol. The van der Waals surface area contributed by atoms with Gasteiger partial charge in [0.2, 0.25) is 5.88 Å². The molecule has 3 nitrogen and oxygen atoms in total. The molecular formula is C14H13ClFNO2. The van der Waals surface area contributed by atoms with Crippen LogP contribution in [0.4, 0.5) is 4.39 Å². The van der Waals surface area contributed by atoms with Crippen LogP contribution in [0, 0.1) is 5.82 Å². The molecule has 2 rings (SSSR count). The fourth-order valence-corrected chi connectivity index (χ4v) is 1.81. The first-order valence-electron chi connectivity index (χ1n) is 5.69. The van der Waals surface area contributed by atoms with Gasteiger partial charge in [-0.3, -0.25) is 0 Å². The zero-order valence-electron chi connectivity index (χ0n) is 10.4. The Labute approximate surface area is 115 Å². The Morgan fingerprint density at radius 3 is 2.89 bits per heavy atom. The molecule has 100 valence electrons. The van der Waals surface area contributed by atoms with Crippen molar-refractivity contribution in [2.75, 3.05) is 7.11 Å². The SMILES string of the molecule is COc1ncccc1COc1cc(F)cc(CCl)c1. The van der Waals surface area contributed by atoms with Gasteiger partial charge in [0.15, 0.2) is 0 Å². The van der Waals surface area contributed by atoms with Gasteiger partial charge in [0.05, 0.1) is 12.7 Å². The molecule has 0 saturated carbocycles. The molecular weight excluding hydrogens is 269 g/mol. The Bertz CT molecular complexity index is 563. The lowest BCUT2D eigenvalue weighted by Crippen LogP contribution is -2.00. The lowest BCUT2D eigenvalue weighted by Gasteiger charge is -2.10. The molecule has 0 aliphatic carbocycles. The lowest BCUT2D eigenvalue weighted by atomic mass is 10.2. The Hall–Kier alpha value is -1.81. The van der Waals surface area contributed by atoms with Crippen molar-refractivity contribution in [3.63, 3.8) is 0 Å². The molecule has 0 radical (unpaired) electrons. The summed E-state index contributed by atoms with van der Waals surface area (Å²) in [5.74, 6) is 0.800. The second-order valence-electron chi connectivity index (χ2n) is 3.89. The molecule has 1 aromatic carbocycles. The van der Waals surface area contributed by atoms with E-state index in [-0.39, 0.29) is 18.3 Å². The lowest BCUT2D eigenvalue weighted by molar-refractivity contribution is 0.292. The quantitative estimate of drug-likeness (QED) is 0.786. The van der Waals surface area contributed by atoms with Crippen molar-refractivity contribution in [2.45, 2.75) is 12.5 Å². The van der Waals surface area contributed by atoms with Crippen molar-refractivity contribution in [2.24, 2.45) is 0 Å². The summed E-state index contributed by atoms with van der Waals surface area (Å²) in [6.07, 6.45) is 1.64. The summed E-state index contributed by atoms with van der Waals surface area (Å²) in [6, 6.07) is 8.03. The molecule has 0 aliphatic heterocycles. The fourth-order valence-electron chi connectivity index (χ4n) is 1.66. The highest BCUT2D eigenvalue weighted by Crippen LogP contribution is 2.21. The minimum Gasteiger partial charge on any atom is -0.489 e. The van der Waals surface area contributed by atoms with E-state index in [0.29, 0.717) is 17.2 Å². The van der Waals surface area contributed by atoms with E-state index >= 15 is 0 Å². The highest BCUT2D eigenvalue weighted by Gasteiger charge is 2.06. The number of aromatic nitrogens is 1. The first-order valence-corrected chi connectivity index (χ1v) is 6.22. The molecule has 5 heteroatoms. The molecule has 0 aliphatic rings. The third-order valence-corrected chi connectivity index (χ3v) is 2.83. The number of halogens is 2. The van der Waals surface area contributed by atoms with Crippen LogP contribution in [0.5, 0.6) is 11.6 Å². The standard InChI is InChI=1S/C14H13ClFNO2/c1-18-14-11(3-2-4-17-14)9-19-13-6-10(8-15)5-12(16)7-13/h2-7H,8-9H2,1H3. The summed E-state index contributed by atoms with van der Waals surface area (Å²) in [6.45, 7) is 0.252. The number of hydrogen-bond donors (Lipinski definition) is 0. The van der Waals surface area contributed by atoms with Crippen LogP contribution in [0.2, 0.25) is 0 Å². The topological polar surface area (TPSA) is 31.4 Å². The van der Waals surface area contributed by atoms with Crippen LogP contribution >= 0.6 is 11.6 Å². The number of alkyl halides is 1. The largest absolute Gasteiger partial charge is 0.489 e. The van der Waals surface area contributed by atoms with Gasteiger partial charge in [-0.05, 0) is 29.8 Å². The van der Waals surface area contributed by atoms with Crippen LogP contribution in [0.15, 0.2) is 36.5 Å². The molecule has 0 bridgehead atoms. The molecule has 1 aromatic heterocycles. The summed E-state index contributed by atoms with van der Waals surface area (Å²) in [5, 5.41) is 0. The zero-order valence-corrected chi connectivity index (χ0v) is 11.2. The number of ether oxygens (including phenoxy) is 2. The first-order chi connectivity index (χ1) is 9.22. The normalized spacial score (nSPS) is 10.3. The molecule has 2 aromatic rings. The van der Waals surface area contributed by atoms with E-state index in [1.54, 1.807) is 25.4 Å². The van der Waals surface area contributed by atoms with Crippen molar-refractivity contribution in [3.05, 3.63) is 53.5 Å². The molecule has 0 spiro atoms. The van der Waals surface area contributed by atoms with Gasteiger partial charge in [-0.25, -0.2) is 9.37 Å². The van der Waals surface area contributed by atoms with Crippen molar-refractivity contribution in [1.29, 1.82) is 0 Å². The van der Waals surface area contributed by atoms with Gasteiger partial charge in [-0.2, -0.15) is 0 Å². The maximum Gasteiger partial charge on any atom is 0.219 e. The Morgan fingerprint density at radius 2 is 2.16 bits per heavy atom. The monoisotopic (exact) mass is 281 g/mol. The van der Waals surface area contributed by atoms with Crippen LogP contribution in [0.25, 0.3) is 0 Å². The van der Waals surface area contributed by atoms with Crippen LogP contribution in [0.1, 0.15) is 11.1 Å². The minimum absolute atomic E-state index is 0.240. The fraction of sp³-hybridized carbons (Fsp3) is 0.214. The van der Waals surface area contributed by atoms with Gasteiger partial charge < -0.3 is 9.47 Å². The van der Waals surface area contributed by atoms with Crippen LogP contribution in [-0.4, -0.2) is 12.1 Å². The average Bonchev–Trinajstić information content (AvgIpc) is 2.44. The highest BCUT2D eigenvalue weighted by atomic mass is 35.5. The maximum atomic E-state index is 13.3. The predicted octanol–water partition coefficient (Wildman–Crippen LogP) is 3.55. The Morgan fingerprint density at radius 1 is 1.32 bits per heavy atom. The van der Waals surface area contributed by atoms with Gasteiger partial charge in [0, 0.05) is 18.1 Å². The number of methoxy groups -OCH3 is 1. The van der Waals surface area contributed by atoms with Crippen LogP contribution < -0.4 is 9.47 Å². The van der Waals surface area contributed by atoms with Crippen molar-refractivity contribution in [3.8, 4) is 11.6 Å². The van der Waals surface area contributed by atoms with Crippen LogP contribution in [0.3, 0.4) is 0 Å². The van der Waals surface area contributed by atoms with Gasteiger partial charge >= 0.3 is 0 Å². The molecule has 1 heterocycles. The number of benzene rings is 1. The van der Waals surface area contributed by atoms with E-state index < -0.39 is 0 Å². The van der Waals surface area contributed by atoms with E-state index in [1.165, 1.54) is 12.1 Å². The first kappa shape index (κ1) is 13.6.